The molecule has 0 unspecified atom stereocenters. The number of carbonyl (C=O) groups is 1. The number of amides is 1. The first kappa shape index (κ1) is 19.8. The molecule has 10 heteroatoms. The number of anilines is 1. The van der Waals surface area contributed by atoms with Crippen LogP contribution in [-0.4, -0.2) is 40.8 Å². The molecule has 0 spiro atoms. The molecule has 3 N–H and O–H groups in total. The number of thioether (sulfide) groups is 1. The summed E-state index contributed by atoms with van der Waals surface area (Å²) in [6, 6.07) is 12.2. The molecule has 146 valence electrons. The molecular weight excluding hydrogens is 402 g/mol. The van der Waals surface area contributed by atoms with Crippen molar-refractivity contribution in [2.75, 3.05) is 31.1 Å². The van der Waals surface area contributed by atoms with E-state index in [0.717, 1.165) is 5.56 Å². The van der Waals surface area contributed by atoms with E-state index in [2.05, 4.69) is 15.5 Å². The first-order valence-corrected chi connectivity index (χ1v) is 9.49. The molecule has 0 aliphatic heterocycles. The molecule has 0 aliphatic carbocycles. The Kier molecular flexibility index (Phi) is 6.27. The van der Waals surface area contributed by atoms with Crippen LogP contribution in [0.5, 0.6) is 11.5 Å². The number of hydrogen-bond acceptors (Lipinski definition) is 7. The standard InChI is InChI=1S/C18H18ClN5O3S/c1-26-13-7-8-15(27-2)14(9-13)21-16(25)10-28-18-23-22-17(24(18)20)11-3-5-12(19)6-4-11/h3-9H,10,20H2,1-2H3,(H,21,25). The Hall–Kier alpha value is -2.91. The van der Waals surface area contributed by atoms with Crippen LogP contribution < -0.4 is 20.6 Å². The highest BCUT2D eigenvalue weighted by Crippen LogP contribution is 2.29. The molecule has 0 aliphatic rings. The van der Waals surface area contributed by atoms with Crippen molar-refractivity contribution in [1.29, 1.82) is 0 Å². The fourth-order valence-corrected chi connectivity index (χ4v) is 3.18. The van der Waals surface area contributed by atoms with Crippen molar-refractivity contribution in [2.24, 2.45) is 0 Å². The zero-order valence-electron chi connectivity index (χ0n) is 15.2. The van der Waals surface area contributed by atoms with Crippen LogP contribution in [0, 0.1) is 0 Å². The summed E-state index contributed by atoms with van der Waals surface area (Å²) in [5, 5.41) is 12.0. The number of halogens is 1. The number of carbonyl (C=O) groups excluding carboxylic acids is 1. The van der Waals surface area contributed by atoms with E-state index >= 15 is 0 Å². The number of nitrogen functional groups attached to an aromatic ring is 1. The summed E-state index contributed by atoms with van der Waals surface area (Å²) in [6.07, 6.45) is 0. The van der Waals surface area contributed by atoms with Crippen LogP contribution in [0.25, 0.3) is 11.4 Å². The number of benzene rings is 2. The predicted octanol–water partition coefficient (Wildman–Crippen LogP) is 3.06. The average Bonchev–Trinajstić information content (AvgIpc) is 3.07. The number of hydrogen-bond donors (Lipinski definition) is 2. The van der Waals surface area contributed by atoms with E-state index in [4.69, 9.17) is 26.9 Å². The molecule has 2 aromatic carbocycles. The highest BCUT2D eigenvalue weighted by molar-refractivity contribution is 7.99. The number of aromatic nitrogens is 3. The lowest BCUT2D eigenvalue weighted by atomic mass is 10.2. The monoisotopic (exact) mass is 419 g/mol. The van der Waals surface area contributed by atoms with Crippen LogP contribution in [-0.2, 0) is 4.79 Å². The minimum absolute atomic E-state index is 0.0936. The van der Waals surface area contributed by atoms with Gasteiger partial charge in [0, 0.05) is 16.7 Å². The molecule has 28 heavy (non-hydrogen) atoms. The number of nitrogens with one attached hydrogen (secondary N) is 1. The summed E-state index contributed by atoms with van der Waals surface area (Å²) in [4.78, 5) is 12.3. The van der Waals surface area contributed by atoms with Gasteiger partial charge in [0.2, 0.25) is 11.1 Å². The molecule has 0 radical (unpaired) electrons. The maximum atomic E-state index is 12.3. The first-order chi connectivity index (χ1) is 13.5. The van der Waals surface area contributed by atoms with Gasteiger partial charge in [-0.2, -0.15) is 0 Å². The highest BCUT2D eigenvalue weighted by Gasteiger charge is 2.15. The average molecular weight is 420 g/mol. The van der Waals surface area contributed by atoms with Crippen molar-refractivity contribution in [2.45, 2.75) is 5.16 Å². The Morgan fingerprint density at radius 3 is 2.61 bits per heavy atom. The van der Waals surface area contributed by atoms with Gasteiger partial charge in [0.25, 0.3) is 0 Å². The van der Waals surface area contributed by atoms with Gasteiger partial charge in [-0.25, -0.2) is 4.68 Å². The predicted molar refractivity (Wildman–Crippen MR) is 110 cm³/mol. The van der Waals surface area contributed by atoms with Crippen LogP contribution in [0.4, 0.5) is 5.69 Å². The molecule has 3 aromatic rings. The van der Waals surface area contributed by atoms with Gasteiger partial charge in [-0.3, -0.25) is 4.79 Å². The quantitative estimate of drug-likeness (QED) is 0.448. The van der Waals surface area contributed by atoms with Crippen LogP contribution in [0.1, 0.15) is 0 Å². The maximum absolute atomic E-state index is 12.3. The Labute approximate surface area is 171 Å². The van der Waals surface area contributed by atoms with Gasteiger partial charge in [0.15, 0.2) is 5.82 Å². The maximum Gasteiger partial charge on any atom is 0.234 e. The lowest BCUT2D eigenvalue weighted by Crippen LogP contribution is -2.17. The van der Waals surface area contributed by atoms with Gasteiger partial charge in [0.1, 0.15) is 11.5 Å². The lowest BCUT2D eigenvalue weighted by Gasteiger charge is -2.11. The number of rotatable bonds is 7. The highest BCUT2D eigenvalue weighted by atomic mass is 35.5. The minimum atomic E-state index is -0.243. The molecule has 8 nitrogen and oxygen atoms in total. The summed E-state index contributed by atoms with van der Waals surface area (Å²) in [5.74, 6) is 7.54. The number of methoxy groups -OCH3 is 2. The van der Waals surface area contributed by atoms with Gasteiger partial charge in [-0.1, -0.05) is 23.4 Å². The van der Waals surface area contributed by atoms with Crippen molar-refractivity contribution in [3.05, 3.63) is 47.5 Å². The Morgan fingerprint density at radius 2 is 1.93 bits per heavy atom. The van der Waals surface area contributed by atoms with Crippen molar-refractivity contribution in [3.63, 3.8) is 0 Å². The first-order valence-electron chi connectivity index (χ1n) is 8.13. The number of nitrogens with zero attached hydrogens (tertiary/aromatic N) is 3. The second-order valence-corrected chi connectivity index (χ2v) is 6.97. The Balaban J connectivity index is 1.66. The van der Waals surface area contributed by atoms with Crippen LogP contribution in [0.15, 0.2) is 47.6 Å². The van der Waals surface area contributed by atoms with Gasteiger partial charge in [-0.15, -0.1) is 10.2 Å². The molecule has 1 heterocycles. The smallest absolute Gasteiger partial charge is 0.234 e. The summed E-state index contributed by atoms with van der Waals surface area (Å²) < 4.78 is 11.8. The van der Waals surface area contributed by atoms with Crippen molar-refractivity contribution < 1.29 is 14.3 Å². The zero-order chi connectivity index (χ0) is 20.1. The fraction of sp³-hybridized carbons (Fsp3) is 0.167. The molecule has 1 amide bonds. The van der Waals surface area contributed by atoms with E-state index in [9.17, 15) is 4.79 Å². The molecule has 3 rings (SSSR count). The fourth-order valence-electron chi connectivity index (χ4n) is 2.40. The molecule has 1 aromatic heterocycles. The summed E-state index contributed by atoms with van der Waals surface area (Å²) in [5.41, 5.74) is 1.29. The van der Waals surface area contributed by atoms with Gasteiger partial charge in [0.05, 0.1) is 25.7 Å². The van der Waals surface area contributed by atoms with E-state index in [1.807, 2.05) is 0 Å². The molecule has 0 saturated heterocycles. The molecule has 0 atom stereocenters. The van der Waals surface area contributed by atoms with E-state index < -0.39 is 0 Å². The largest absolute Gasteiger partial charge is 0.497 e. The van der Waals surface area contributed by atoms with Crippen LogP contribution in [0.3, 0.4) is 0 Å². The Bertz CT molecular complexity index is 978. The van der Waals surface area contributed by atoms with E-state index in [-0.39, 0.29) is 11.7 Å². The second-order valence-electron chi connectivity index (χ2n) is 5.59. The second kappa shape index (κ2) is 8.85. The van der Waals surface area contributed by atoms with Crippen LogP contribution in [0.2, 0.25) is 5.02 Å². The zero-order valence-corrected chi connectivity index (χ0v) is 16.8. The molecule has 0 saturated carbocycles. The third kappa shape index (κ3) is 4.49. The van der Waals surface area contributed by atoms with E-state index in [1.54, 1.807) is 49.6 Å². The van der Waals surface area contributed by atoms with Gasteiger partial charge >= 0.3 is 0 Å². The molecule has 0 bridgehead atoms. The van der Waals surface area contributed by atoms with Crippen molar-refractivity contribution in [3.8, 4) is 22.9 Å². The van der Waals surface area contributed by atoms with E-state index in [1.165, 1.54) is 23.5 Å². The third-order valence-corrected chi connectivity index (χ3v) is 4.98. The minimum Gasteiger partial charge on any atom is -0.497 e. The van der Waals surface area contributed by atoms with Crippen LogP contribution >= 0.6 is 23.4 Å². The summed E-state index contributed by atoms with van der Waals surface area (Å²) in [6.45, 7) is 0. The molecular formula is C18H18ClN5O3S. The normalized spacial score (nSPS) is 10.5. The number of nitrogens with two attached hydrogens (primary N) is 1. The Morgan fingerprint density at radius 1 is 1.18 bits per heavy atom. The van der Waals surface area contributed by atoms with Gasteiger partial charge in [-0.05, 0) is 36.4 Å². The summed E-state index contributed by atoms with van der Waals surface area (Å²) in [7, 11) is 3.08. The third-order valence-electron chi connectivity index (χ3n) is 3.78. The summed E-state index contributed by atoms with van der Waals surface area (Å²) >= 11 is 7.07. The topological polar surface area (TPSA) is 104 Å². The van der Waals surface area contributed by atoms with Gasteiger partial charge < -0.3 is 20.6 Å². The van der Waals surface area contributed by atoms with Crippen molar-refractivity contribution >= 4 is 35.0 Å². The van der Waals surface area contributed by atoms with E-state index in [0.29, 0.717) is 33.2 Å². The number of ether oxygens (including phenoxy) is 2. The lowest BCUT2D eigenvalue weighted by molar-refractivity contribution is -0.113. The van der Waals surface area contributed by atoms with Crippen molar-refractivity contribution in [1.82, 2.24) is 14.9 Å². The molecule has 0 fully saturated rings. The SMILES string of the molecule is COc1ccc(OC)c(NC(=O)CSc2nnc(-c3ccc(Cl)cc3)n2N)c1.